The molecule has 0 saturated carbocycles. The van der Waals surface area contributed by atoms with Gasteiger partial charge in [0.2, 0.25) is 0 Å². The molecule has 0 bridgehead atoms. The van der Waals surface area contributed by atoms with E-state index in [0.29, 0.717) is 47.0 Å². The van der Waals surface area contributed by atoms with Crippen molar-refractivity contribution in [3.05, 3.63) is 71.9 Å². The molecular weight excluding hydrogens is 444 g/mol. The quantitative estimate of drug-likeness (QED) is 0.332. The van der Waals surface area contributed by atoms with Crippen LogP contribution in [0.1, 0.15) is 35.7 Å². The van der Waals surface area contributed by atoms with Crippen LogP contribution >= 0.6 is 0 Å². The first-order valence-electron chi connectivity index (χ1n) is 11.6. The van der Waals surface area contributed by atoms with E-state index in [1.54, 1.807) is 25.3 Å². The molecule has 2 aromatic heterocycles. The first-order valence-corrected chi connectivity index (χ1v) is 11.6. The number of fused-ring (bicyclic) bond motifs is 1. The number of carbonyl (C=O) groups excluding carboxylic acids is 1. The van der Waals surface area contributed by atoms with Gasteiger partial charge in [0.25, 0.3) is 0 Å². The summed E-state index contributed by atoms with van der Waals surface area (Å²) in [7, 11) is 0. The SMILES string of the molecule is CCOC(=O)c1ccc(-c2cc3nccc(-c4ccc(OC5CCCOC5)c(C#N)c4)c3o2)cc1. The van der Waals surface area contributed by atoms with Gasteiger partial charge in [-0.15, -0.1) is 0 Å². The minimum absolute atomic E-state index is 0.0443. The summed E-state index contributed by atoms with van der Waals surface area (Å²) in [6.07, 6.45) is 3.54. The molecule has 0 spiro atoms. The van der Waals surface area contributed by atoms with E-state index in [9.17, 15) is 10.1 Å². The predicted molar refractivity (Wildman–Crippen MR) is 130 cm³/mol. The molecule has 1 atom stereocenters. The van der Waals surface area contributed by atoms with E-state index >= 15 is 0 Å². The van der Waals surface area contributed by atoms with Crippen LogP contribution in [0.5, 0.6) is 5.75 Å². The summed E-state index contributed by atoms with van der Waals surface area (Å²) in [5, 5.41) is 9.75. The highest BCUT2D eigenvalue weighted by Gasteiger charge is 2.19. The van der Waals surface area contributed by atoms with Gasteiger partial charge < -0.3 is 18.6 Å². The number of hydrogen-bond donors (Lipinski definition) is 0. The Kier molecular flexibility index (Phi) is 6.47. The predicted octanol–water partition coefficient (Wildman–Crippen LogP) is 5.77. The molecule has 0 radical (unpaired) electrons. The highest BCUT2D eigenvalue weighted by atomic mass is 16.5. The third kappa shape index (κ3) is 4.75. The summed E-state index contributed by atoms with van der Waals surface area (Å²) in [6.45, 7) is 3.39. The second-order valence-electron chi connectivity index (χ2n) is 8.26. The standard InChI is InChI=1S/C28H24N2O5/c1-2-33-28(31)19-7-5-18(6-8-19)26-15-24-27(35-26)23(11-12-30-24)20-9-10-25(21(14-20)16-29)34-22-4-3-13-32-17-22/h5-12,14-15,22H,2-4,13,17H2,1H3. The van der Waals surface area contributed by atoms with Crippen molar-refractivity contribution in [1.29, 1.82) is 5.26 Å². The molecule has 1 fully saturated rings. The Morgan fingerprint density at radius 2 is 1.97 bits per heavy atom. The van der Waals surface area contributed by atoms with Crippen LogP contribution in [0.4, 0.5) is 0 Å². The van der Waals surface area contributed by atoms with Crippen LogP contribution in [0.2, 0.25) is 0 Å². The molecule has 7 heteroatoms. The third-order valence-corrected chi connectivity index (χ3v) is 5.92. The van der Waals surface area contributed by atoms with Crippen LogP contribution in [0.15, 0.2) is 65.2 Å². The molecular formula is C28H24N2O5. The minimum atomic E-state index is -0.357. The fourth-order valence-electron chi connectivity index (χ4n) is 4.16. The summed E-state index contributed by atoms with van der Waals surface area (Å²) >= 11 is 0. The molecule has 176 valence electrons. The molecule has 1 aliphatic heterocycles. The number of nitrogens with zero attached hydrogens (tertiary/aromatic N) is 2. The number of hydrogen-bond acceptors (Lipinski definition) is 7. The van der Waals surface area contributed by atoms with Gasteiger partial charge in [0, 0.05) is 30.0 Å². The van der Waals surface area contributed by atoms with Crippen molar-refractivity contribution in [2.45, 2.75) is 25.9 Å². The molecule has 0 aliphatic carbocycles. The third-order valence-electron chi connectivity index (χ3n) is 5.92. The average Bonchev–Trinajstić information content (AvgIpc) is 3.34. The van der Waals surface area contributed by atoms with Gasteiger partial charge in [0.15, 0.2) is 5.58 Å². The van der Waals surface area contributed by atoms with Gasteiger partial charge in [-0.25, -0.2) is 4.79 Å². The van der Waals surface area contributed by atoms with Crippen molar-refractivity contribution in [2.24, 2.45) is 0 Å². The van der Waals surface area contributed by atoms with Crippen molar-refractivity contribution in [2.75, 3.05) is 19.8 Å². The van der Waals surface area contributed by atoms with Gasteiger partial charge in [-0.2, -0.15) is 5.26 Å². The molecule has 5 rings (SSSR count). The number of pyridine rings is 1. The smallest absolute Gasteiger partial charge is 0.338 e. The van der Waals surface area contributed by atoms with Crippen LogP contribution in [-0.2, 0) is 9.47 Å². The van der Waals surface area contributed by atoms with Gasteiger partial charge >= 0.3 is 5.97 Å². The van der Waals surface area contributed by atoms with Gasteiger partial charge in [-0.05, 0) is 55.7 Å². The van der Waals surface area contributed by atoms with Crippen LogP contribution in [0.25, 0.3) is 33.6 Å². The second kappa shape index (κ2) is 10.00. The monoisotopic (exact) mass is 468 g/mol. The number of esters is 1. The summed E-state index contributed by atoms with van der Waals surface area (Å²) in [4.78, 5) is 16.4. The van der Waals surface area contributed by atoms with E-state index in [1.165, 1.54) is 0 Å². The number of rotatable bonds is 6. The highest BCUT2D eigenvalue weighted by molar-refractivity contribution is 5.93. The zero-order chi connectivity index (χ0) is 24.2. The molecule has 0 amide bonds. The first-order chi connectivity index (χ1) is 17.2. The molecule has 0 N–H and O–H groups in total. The summed E-state index contributed by atoms with van der Waals surface area (Å²) in [5.74, 6) is 0.830. The molecule has 35 heavy (non-hydrogen) atoms. The fraction of sp³-hybridized carbons (Fsp3) is 0.250. The van der Waals surface area contributed by atoms with Gasteiger partial charge in [-0.3, -0.25) is 4.98 Å². The van der Waals surface area contributed by atoms with E-state index in [-0.39, 0.29) is 12.1 Å². The molecule has 3 heterocycles. The number of ether oxygens (including phenoxy) is 3. The zero-order valence-corrected chi connectivity index (χ0v) is 19.3. The summed E-state index contributed by atoms with van der Waals surface area (Å²) in [5.41, 5.74) is 4.74. The lowest BCUT2D eigenvalue weighted by molar-refractivity contribution is 0.00732. The van der Waals surface area contributed by atoms with Gasteiger partial charge in [0.05, 0.1) is 24.3 Å². The number of furan rings is 1. The topological polar surface area (TPSA) is 94.6 Å². The van der Waals surface area contributed by atoms with Crippen LogP contribution < -0.4 is 4.74 Å². The molecule has 4 aromatic rings. The number of aromatic nitrogens is 1. The van der Waals surface area contributed by atoms with Crippen molar-refractivity contribution in [3.63, 3.8) is 0 Å². The number of nitriles is 1. The lowest BCUT2D eigenvalue weighted by atomic mass is 10.0. The van der Waals surface area contributed by atoms with Crippen LogP contribution in [0, 0.1) is 11.3 Å². The van der Waals surface area contributed by atoms with Crippen molar-refractivity contribution in [3.8, 4) is 34.3 Å². The first kappa shape index (κ1) is 22.6. The van der Waals surface area contributed by atoms with Crippen molar-refractivity contribution < 1.29 is 23.4 Å². The Bertz CT molecular complexity index is 1400. The van der Waals surface area contributed by atoms with Crippen LogP contribution in [-0.4, -0.2) is 36.9 Å². The summed E-state index contributed by atoms with van der Waals surface area (Å²) < 4.78 is 22.8. The fourth-order valence-corrected chi connectivity index (χ4v) is 4.16. The highest BCUT2D eigenvalue weighted by Crippen LogP contribution is 2.35. The van der Waals surface area contributed by atoms with Crippen molar-refractivity contribution in [1.82, 2.24) is 4.98 Å². The number of carbonyl (C=O) groups is 1. The Hall–Kier alpha value is -4.15. The van der Waals surface area contributed by atoms with E-state index in [4.69, 9.17) is 18.6 Å². The van der Waals surface area contributed by atoms with E-state index in [0.717, 1.165) is 36.1 Å². The molecule has 1 unspecified atom stereocenters. The lowest BCUT2D eigenvalue weighted by Crippen LogP contribution is -2.28. The second-order valence-corrected chi connectivity index (χ2v) is 8.26. The number of benzene rings is 2. The Morgan fingerprint density at radius 3 is 2.71 bits per heavy atom. The Balaban J connectivity index is 1.45. The zero-order valence-electron chi connectivity index (χ0n) is 19.3. The molecule has 1 aliphatic rings. The van der Waals surface area contributed by atoms with Gasteiger partial charge in [-0.1, -0.05) is 18.2 Å². The van der Waals surface area contributed by atoms with Gasteiger partial charge in [0.1, 0.15) is 29.2 Å². The minimum Gasteiger partial charge on any atom is -0.487 e. The maximum Gasteiger partial charge on any atom is 0.338 e. The van der Waals surface area contributed by atoms with E-state index < -0.39 is 0 Å². The van der Waals surface area contributed by atoms with E-state index in [2.05, 4.69) is 11.1 Å². The lowest BCUT2D eigenvalue weighted by Gasteiger charge is -2.23. The molecule has 2 aromatic carbocycles. The maximum absolute atomic E-state index is 11.9. The summed E-state index contributed by atoms with van der Waals surface area (Å²) in [6, 6.07) is 18.6. The van der Waals surface area contributed by atoms with E-state index in [1.807, 2.05) is 42.5 Å². The average molecular weight is 469 g/mol. The largest absolute Gasteiger partial charge is 0.487 e. The Morgan fingerprint density at radius 1 is 1.14 bits per heavy atom. The maximum atomic E-state index is 11.9. The van der Waals surface area contributed by atoms with Crippen LogP contribution in [0.3, 0.4) is 0 Å². The molecule has 7 nitrogen and oxygen atoms in total. The Labute approximate surface area is 202 Å². The normalized spacial score (nSPS) is 15.5. The van der Waals surface area contributed by atoms with Crippen molar-refractivity contribution >= 4 is 17.1 Å². The molecule has 1 saturated heterocycles.